The molecule has 4 heteroatoms. The van der Waals surface area contributed by atoms with Crippen LogP contribution in [0.5, 0.6) is 5.75 Å². The molecule has 0 N–H and O–H groups in total. The Morgan fingerprint density at radius 3 is 3.07 bits per heavy atom. The zero-order valence-electron chi connectivity index (χ0n) is 8.18. The lowest BCUT2D eigenvalue weighted by Crippen LogP contribution is -2.14. The number of isocyanates is 1. The van der Waals surface area contributed by atoms with Crippen molar-refractivity contribution in [1.29, 1.82) is 0 Å². The fourth-order valence-corrected chi connectivity index (χ4v) is 2.58. The summed E-state index contributed by atoms with van der Waals surface area (Å²) in [6.45, 7) is 0. The van der Waals surface area contributed by atoms with Crippen LogP contribution < -0.4 is 4.74 Å². The van der Waals surface area contributed by atoms with E-state index in [9.17, 15) is 4.79 Å². The average molecular weight is 221 g/mol. The first-order chi connectivity index (χ1) is 7.40. The van der Waals surface area contributed by atoms with Crippen LogP contribution >= 0.6 is 11.8 Å². The van der Waals surface area contributed by atoms with Gasteiger partial charge in [0, 0.05) is 5.75 Å². The van der Waals surface area contributed by atoms with Crippen molar-refractivity contribution in [3.63, 3.8) is 0 Å². The zero-order chi connectivity index (χ0) is 10.5. The summed E-state index contributed by atoms with van der Waals surface area (Å²) in [6, 6.07) is 7.29. The summed E-state index contributed by atoms with van der Waals surface area (Å²) < 4.78 is 5.77. The second-order valence-electron chi connectivity index (χ2n) is 3.27. The minimum atomic E-state index is 0.248. The van der Waals surface area contributed by atoms with E-state index >= 15 is 0 Å². The van der Waals surface area contributed by atoms with Crippen molar-refractivity contribution >= 4 is 23.5 Å². The van der Waals surface area contributed by atoms with Gasteiger partial charge in [-0.05, 0) is 24.3 Å². The van der Waals surface area contributed by atoms with E-state index in [0.717, 1.165) is 17.9 Å². The van der Waals surface area contributed by atoms with Crippen molar-refractivity contribution < 1.29 is 9.53 Å². The van der Waals surface area contributed by atoms with Crippen molar-refractivity contribution in [3.8, 4) is 5.75 Å². The monoisotopic (exact) mass is 221 g/mol. The topological polar surface area (TPSA) is 38.7 Å². The molecule has 0 radical (unpaired) electrons. The van der Waals surface area contributed by atoms with Crippen molar-refractivity contribution in [1.82, 2.24) is 0 Å². The van der Waals surface area contributed by atoms with Gasteiger partial charge < -0.3 is 4.74 Å². The Morgan fingerprint density at radius 1 is 1.47 bits per heavy atom. The lowest BCUT2D eigenvalue weighted by atomic mass is 10.3. The molecule has 3 nitrogen and oxygen atoms in total. The molecule has 0 spiro atoms. The molecule has 1 aromatic carbocycles. The molecular formula is C11H11NO2S. The molecule has 2 rings (SSSR count). The summed E-state index contributed by atoms with van der Waals surface area (Å²) in [6.07, 6.45) is 2.85. The van der Waals surface area contributed by atoms with Crippen molar-refractivity contribution in [2.75, 3.05) is 11.5 Å². The van der Waals surface area contributed by atoms with Crippen molar-refractivity contribution in [2.24, 2.45) is 4.99 Å². The second-order valence-corrected chi connectivity index (χ2v) is 4.42. The fourth-order valence-electron chi connectivity index (χ4n) is 1.48. The Bertz CT molecular complexity index is 382. The Hall–Kier alpha value is -1.25. The van der Waals surface area contributed by atoms with E-state index in [0.29, 0.717) is 11.4 Å². The van der Waals surface area contributed by atoms with Crippen LogP contribution in [0.3, 0.4) is 0 Å². The van der Waals surface area contributed by atoms with Crippen LogP contribution in [0, 0.1) is 0 Å². The quantitative estimate of drug-likeness (QED) is 0.581. The SMILES string of the molecule is O=C=Nc1ccccc1OC1CCSC1. The number of nitrogens with zero attached hydrogens (tertiary/aromatic N) is 1. The summed E-state index contributed by atoms with van der Waals surface area (Å²) in [5, 5.41) is 0. The summed E-state index contributed by atoms with van der Waals surface area (Å²) in [4.78, 5) is 13.8. The first-order valence-electron chi connectivity index (χ1n) is 4.81. The Balaban J connectivity index is 2.15. The van der Waals surface area contributed by atoms with Crippen LogP contribution in [0.25, 0.3) is 0 Å². The van der Waals surface area contributed by atoms with Crippen LogP contribution in [0.1, 0.15) is 6.42 Å². The van der Waals surface area contributed by atoms with Crippen LogP contribution in [0.2, 0.25) is 0 Å². The summed E-state index contributed by atoms with van der Waals surface area (Å²) in [5.41, 5.74) is 0.560. The minimum absolute atomic E-state index is 0.248. The van der Waals surface area contributed by atoms with Crippen LogP contribution in [-0.4, -0.2) is 23.7 Å². The maximum absolute atomic E-state index is 10.2. The number of aliphatic imine (C=N–C) groups is 1. The van der Waals surface area contributed by atoms with Crippen LogP contribution in [-0.2, 0) is 4.79 Å². The summed E-state index contributed by atoms with van der Waals surface area (Å²) in [7, 11) is 0. The molecule has 1 aliphatic rings. The smallest absolute Gasteiger partial charge is 0.240 e. The van der Waals surface area contributed by atoms with Gasteiger partial charge >= 0.3 is 0 Å². The number of thioether (sulfide) groups is 1. The normalized spacial score (nSPS) is 19.6. The molecule has 15 heavy (non-hydrogen) atoms. The molecule has 0 amide bonds. The van der Waals surface area contributed by atoms with E-state index in [1.54, 1.807) is 6.07 Å². The van der Waals surface area contributed by atoms with E-state index < -0.39 is 0 Å². The standard InChI is InChI=1S/C11H11NO2S/c13-8-12-10-3-1-2-4-11(10)14-9-5-6-15-7-9/h1-4,9H,5-7H2. The molecule has 78 valence electrons. The minimum Gasteiger partial charge on any atom is -0.487 e. The van der Waals surface area contributed by atoms with Crippen molar-refractivity contribution in [3.05, 3.63) is 24.3 Å². The highest BCUT2D eigenvalue weighted by Crippen LogP contribution is 2.30. The largest absolute Gasteiger partial charge is 0.487 e. The van der Waals surface area contributed by atoms with Gasteiger partial charge in [0.15, 0.2) is 0 Å². The second kappa shape index (κ2) is 5.01. The van der Waals surface area contributed by atoms with Gasteiger partial charge in [0.25, 0.3) is 0 Å². The first-order valence-corrected chi connectivity index (χ1v) is 5.97. The van der Waals surface area contributed by atoms with Gasteiger partial charge in [-0.25, -0.2) is 4.79 Å². The summed E-state index contributed by atoms with van der Waals surface area (Å²) in [5.74, 6) is 2.83. The van der Waals surface area contributed by atoms with E-state index in [-0.39, 0.29) is 6.10 Å². The molecule has 1 atom stereocenters. The van der Waals surface area contributed by atoms with E-state index in [4.69, 9.17) is 4.74 Å². The van der Waals surface area contributed by atoms with Gasteiger partial charge in [-0.2, -0.15) is 16.8 Å². The number of hydrogen-bond donors (Lipinski definition) is 0. The van der Waals surface area contributed by atoms with Gasteiger partial charge in [0.05, 0.1) is 0 Å². The lowest BCUT2D eigenvalue weighted by molar-refractivity contribution is 0.230. The average Bonchev–Trinajstić information content (AvgIpc) is 2.74. The molecular weight excluding hydrogens is 210 g/mol. The predicted molar refractivity (Wildman–Crippen MR) is 60.6 cm³/mol. The highest BCUT2D eigenvalue weighted by atomic mass is 32.2. The molecule has 1 saturated heterocycles. The zero-order valence-corrected chi connectivity index (χ0v) is 9.00. The van der Waals surface area contributed by atoms with Gasteiger partial charge in [-0.15, -0.1) is 0 Å². The van der Waals surface area contributed by atoms with E-state index in [2.05, 4.69) is 4.99 Å². The predicted octanol–water partition coefficient (Wildman–Crippen LogP) is 2.54. The highest BCUT2D eigenvalue weighted by Gasteiger charge is 2.17. The molecule has 0 bridgehead atoms. The lowest BCUT2D eigenvalue weighted by Gasteiger charge is -2.13. The molecule has 1 aliphatic heterocycles. The first kappa shape index (κ1) is 10.3. The van der Waals surface area contributed by atoms with Crippen LogP contribution in [0.15, 0.2) is 29.3 Å². The number of para-hydroxylation sites is 2. The third kappa shape index (κ3) is 2.61. The van der Waals surface area contributed by atoms with E-state index in [1.165, 1.54) is 6.08 Å². The Labute approximate surface area is 92.5 Å². The molecule has 0 saturated carbocycles. The molecule has 0 aromatic heterocycles. The van der Waals surface area contributed by atoms with Gasteiger partial charge in [-0.3, -0.25) is 0 Å². The Morgan fingerprint density at radius 2 is 2.33 bits per heavy atom. The third-order valence-electron chi connectivity index (χ3n) is 2.21. The maximum atomic E-state index is 10.2. The van der Waals surface area contributed by atoms with Gasteiger partial charge in [0.1, 0.15) is 17.5 Å². The molecule has 1 unspecified atom stereocenters. The van der Waals surface area contributed by atoms with Gasteiger partial charge in [-0.1, -0.05) is 12.1 Å². The van der Waals surface area contributed by atoms with Gasteiger partial charge in [0.2, 0.25) is 6.08 Å². The van der Waals surface area contributed by atoms with Crippen molar-refractivity contribution in [2.45, 2.75) is 12.5 Å². The Kier molecular flexibility index (Phi) is 3.43. The molecule has 1 aromatic rings. The third-order valence-corrected chi connectivity index (χ3v) is 3.34. The molecule has 1 fully saturated rings. The van der Waals surface area contributed by atoms with Crippen LogP contribution in [0.4, 0.5) is 5.69 Å². The number of benzene rings is 1. The number of rotatable bonds is 3. The maximum Gasteiger partial charge on any atom is 0.240 e. The fraction of sp³-hybridized carbons (Fsp3) is 0.364. The summed E-state index contributed by atoms with van der Waals surface area (Å²) >= 11 is 1.89. The molecule has 0 aliphatic carbocycles. The number of carbonyl (C=O) groups excluding carboxylic acids is 1. The van der Waals surface area contributed by atoms with E-state index in [1.807, 2.05) is 30.0 Å². The molecule has 1 heterocycles. The highest BCUT2D eigenvalue weighted by molar-refractivity contribution is 7.99. The number of hydrogen-bond acceptors (Lipinski definition) is 4. The number of ether oxygens (including phenoxy) is 1.